The maximum atomic E-state index is 12.9. The van der Waals surface area contributed by atoms with Crippen molar-refractivity contribution >= 4 is 5.69 Å². The smallest absolute Gasteiger partial charge is 0.405 e. The van der Waals surface area contributed by atoms with Crippen LogP contribution in [0.4, 0.5) is 18.9 Å². The molecule has 1 aliphatic heterocycles. The van der Waals surface area contributed by atoms with Crippen LogP contribution in [0.15, 0.2) is 18.2 Å². The Bertz CT molecular complexity index is 442. The first-order chi connectivity index (χ1) is 8.86. The fraction of sp³-hybridized carbons (Fsp3) is 0.500. The van der Waals surface area contributed by atoms with Gasteiger partial charge in [0.25, 0.3) is 0 Å². The van der Waals surface area contributed by atoms with Crippen molar-refractivity contribution in [3.05, 3.63) is 23.8 Å². The van der Waals surface area contributed by atoms with Crippen LogP contribution in [0.25, 0.3) is 0 Å². The molecule has 2 N–H and O–H groups in total. The Morgan fingerprint density at radius 1 is 1.16 bits per heavy atom. The van der Waals surface area contributed by atoms with Crippen LogP contribution in [-0.4, -0.2) is 43.2 Å². The first-order valence-corrected chi connectivity index (χ1v) is 5.94. The summed E-state index contributed by atoms with van der Waals surface area (Å²) in [5, 5.41) is 1.54. The van der Waals surface area contributed by atoms with E-state index in [1.807, 2.05) is 7.05 Å². The predicted molar refractivity (Wildman–Crippen MR) is 65.6 cm³/mol. The van der Waals surface area contributed by atoms with Crippen molar-refractivity contribution in [1.82, 2.24) is 9.96 Å². The summed E-state index contributed by atoms with van der Waals surface area (Å²) in [7, 11) is 1.96. The molecule has 0 radical (unpaired) electrons. The summed E-state index contributed by atoms with van der Waals surface area (Å²) in [6.45, 7) is 2.66. The van der Waals surface area contributed by atoms with Gasteiger partial charge in [0.1, 0.15) is 5.56 Å². The monoisotopic (exact) mass is 275 g/mol. The average Bonchev–Trinajstić information content (AvgIpc) is 2.33. The second-order valence-corrected chi connectivity index (χ2v) is 4.58. The van der Waals surface area contributed by atoms with Crippen LogP contribution in [0.3, 0.4) is 0 Å². The number of nitrogen functional groups attached to an aromatic ring is 1. The standard InChI is InChI=1S/C12H16F3N3O/c1-17-4-6-18(7-5-17)19-11-3-2-9(16)8-10(11)12(13,14)15/h2-3,8H,4-7,16H2,1H3. The van der Waals surface area contributed by atoms with E-state index in [-0.39, 0.29) is 11.4 Å². The number of nitrogens with two attached hydrogens (primary N) is 1. The number of nitrogens with zero attached hydrogens (tertiary/aromatic N) is 2. The fourth-order valence-electron chi connectivity index (χ4n) is 1.87. The molecular formula is C12H16F3N3O. The number of alkyl halides is 3. The highest BCUT2D eigenvalue weighted by Crippen LogP contribution is 2.37. The molecule has 0 saturated carbocycles. The second kappa shape index (κ2) is 5.26. The zero-order chi connectivity index (χ0) is 14.0. The number of hydrogen-bond donors (Lipinski definition) is 1. The summed E-state index contributed by atoms with van der Waals surface area (Å²) in [6, 6.07) is 3.56. The highest BCUT2D eigenvalue weighted by atomic mass is 19.4. The Kier molecular flexibility index (Phi) is 3.86. The molecule has 0 spiro atoms. The number of hydroxylamine groups is 2. The van der Waals surface area contributed by atoms with Crippen molar-refractivity contribution in [2.24, 2.45) is 0 Å². The summed E-state index contributed by atoms with van der Waals surface area (Å²) in [5.41, 5.74) is 4.63. The first kappa shape index (κ1) is 14.0. The molecule has 0 aromatic heterocycles. The summed E-state index contributed by atoms with van der Waals surface area (Å²) >= 11 is 0. The largest absolute Gasteiger partial charge is 0.420 e. The van der Waals surface area contributed by atoms with E-state index >= 15 is 0 Å². The van der Waals surface area contributed by atoms with Crippen molar-refractivity contribution in [1.29, 1.82) is 0 Å². The minimum absolute atomic E-state index is 0.0676. The maximum Gasteiger partial charge on any atom is 0.420 e. The Morgan fingerprint density at radius 2 is 1.79 bits per heavy atom. The average molecular weight is 275 g/mol. The number of likely N-dealkylation sites (N-methyl/N-ethyl adjacent to an activating group) is 1. The summed E-state index contributed by atoms with van der Waals surface area (Å²) in [6.07, 6.45) is -4.47. The number of halogens is 3. The van der Waals surface area contributed by atoms with Crippen molar-refractivity contribution in [2.75, 3.05) is 39.0 Å². The third-order valence-corrected chi connectivity index (χ3v) is 3.00. The quantitative estimate of drug-likeness (QED) is 0.836. The molecule has 2 rings (SSSR count). The SMILES string of the molecule is CN1CCN(Oc2ccc(N)cc2C(F)(F)F)CC1. The number of hydrogen-bond acceptors (Lipinski definition) is 4. The number of piperazine rings is 1. The van der Waals surface area contributed by atoms with Gasteiger partial charge in [-0.1, -0.05) is 0 Å². The fourth-order valence-corrected chi connectivity index (χ4v) is 1.87. The lowest BCUT2D eigenvalue weighted by molar-refractivity contribution is -0.145. The zero-order valence-corrected chi connectivity index (χ0v) is 10.6. The van der Waals surface area contributed by atoms with Crippen LogP contribution in [0.2, 0.25) is 0 Å². The second-order valence-electron chi connectivity index (χ2n) is 4.58. The molecule has 0 bridgehead atoms. The van der Waals surface area contributed by atoms with Crippen molar-refractivity contribution in [3.63, 3.8) is 0 Å². The molecule has 0 unspecified atom stereocenters. The Labute approximate surface area is 109 Å². The topological polar surface area (TPSA) is 41.7 Å². The summed E-state index contributed by atoms with van der Waals surface area (Å²) in [4.78, 5) is 7.44. The van der Waals surface area contributed by atoms with Crippen molar-refractivity contribution in [3.8, 4) is 5.75 Å². The van der Waals surface area contributed by atoms with E-state index in [1.165, 1.54) is 12.1 Å². The Hall–Kier alpha value is -1.47. The first-order valence-electron chi connectivity index (χ1n) is 5.94. The molecule has 1 aromatic rings. The van der Waals surface area contributed by atoms with Gasteiger partial charge in [0, 0.05) is 31.9 Å². The summed E-state index contributed by atoms with van der Waals surface area (Å²) in [5.74, 6) is -0.203. The minimum atomic E-state index is -4.47. The Morgan fingerprint density at radius 3 is 2.37 bits per heavy atom. The van der Waals surface area contributed by atoms with Gasteiger partial charge in [-0.05, 0) is 25.2 Å². The third kappa shape index (κ3) is 3.51. The van der Waals surface area contributed by atoms with E-state index in [1.54, 1.807) is 5.06 Å². The molecule has 1 aromatic carbocycles. The highest BCUT2D eigenvalue weighted by Gasteiger charge is 2.35. The molecule has 1 saturated heterocycles. The number of benzene rings is 1. The molecule has 0 atom stereocenters. The number of rotatable bonds is 2. The van der Waals surface area contributed by atoms with Crippen LogP contribution >= 0.6 is 0 Å². The molecule has 19 heavy (non-hydrogen) atoms. The van der Waals surface area contributed by atoms with Gasteiger partial charge in [-0.25, -0.2) is 0 Å². The van der Waals surface area contributed by atoms with Crippen molar-refractivity contribution in [2.45, 2.75) is 6.18 Å². The van der Waals surface area contributed by atoms with Crippen LogP contribution in [0.5, 0.6) is 5.75 Å². The third-order valence-electron chi connectivity index (χ3n) is 3.00. The van der Waals surface area contributed by atoms with E-state index in [2.05, 4.69) is 4.90 Å². The van der Waals surface area contributed by atoms with Crippen LogP contribution in [-0.2, 0) is 6.18 Å². The molecular weight excluding hydrogens is 259 g/mol. The number of anilines is 1. The van der Waals surface area contributed by atoms with E-state index in [0.717, 1.165) is 19.2 Å². The van der Waals surface area contributed by atoms with Crippen molar-refractivity contribution < 1.29 is 18.0 Å². The molecule has 1 aliphatic rings. The Balaban J connectivity index is 2.16. The lowest BCUT2D eigenvalue weighted by Gasteiger charge is -2.32. The molecule has 106 valence electrons. The predicted octanol–water partition coefficient (Wildman–Crippen LogP) is 1.83. The van der Waals surface area contributed by atoms with E-state index < -0.39 is 11.7 Å². The maximum absolute atomic E-state index is 12.9. The van der Waals surface area contributed by atoms with Crippen LogP contribution in [0, 0.1) is 0 Å². The lowest BCUT2D eigenvalue weighted by Crippen LogP contribution is -2.46. The molecule has 0 aliphatic carbocycles. The van der Waals surface area contributed by atoms with Crippen LogP contribution < -0.4 is 10.6 Å². The van der Waals surface area contributed by atoms with Gasteiger partial charge in [-0.3, -0.25) is 0 Å². The molecule has 1 heterocycles. The summed E-state index contributed by atoms with van der Waals surface area (Å²) < 4.78 is 38.6. The molecule has 0 amide bonds. The van der Waals surface area contributed by atoms with Gasteiger partial charge in [0.15, 0.2) is 5.75 Å². The van der Waals surface area contributed by atoms with Gasteiger partial charge in [-0.2, -0.15) is 13.2 Å². The van der Waals surface area contributed by atoms with Gasteiger partial charge < -0.3 is 15.5 Å². The zero-order valence-electron chi connectivity index (χ0n) is 10.6. The minimum Gasteiger partial charge on any atom is -0.405 e. The molecule has 1 fully saturated rings. The van der Waals surface area contributed by atoms with Gasteiger partial charge in [-0.15, -0.1) is 5.06 Å². The van der Waals surface area contributed by atoms with E-state index in [9.17, 15) is 13.2 Å². The highest BCUT2D eigenvalue weighted by molar-refractivity contribution is 5.49. The molecule has 4 nitrogen and oxygen atoms in total. The van der Waals surface area contributed by atoms with E-state index in [4.69, 9.17) is 10.6 Å². The lowest BCUT2D eigenvalue weighted by atomic mass is 10.1. The van der Waals surface area contributed by atoms with Gasteiger partial charge >= 0.3 is 6.18 Å². The van der Waals surface area contributed by atoms with E-state index in [0.29, 0.717) is 13.1 Å². The molecule has 7 heteroatoms. The van der Waals surface area contributed by atoms with Crippen LogP contribution in [0.1, 0.15) is 5.56 Å². The van der Waals surface area contributed by atoms with Gasteiger partial charge in [0.2, 0.25) is 0 Å². The normalized spacial score (nSPS) is 18.5. The van der Waals surface area contributed by atoms with Gasteiger partial charge in [0.05, 0.1) is 0 Å².